The summed E-state index contributed by atoms with van der Waals surface area (Å²) >= 11 is 0. The van der Waals surface area contributed by atoms with Crippen LogP contribution in [0.5, 0.6) is 11.5 Å². The van der Waals surface area contributed by atoms with Crippen LogP contribution in [0.3, 0.4) is 0 Å². The van der Waals surface area contributed by atoms with Crippen molar-refractivity contribution >= 4 is 16.0 Å². The third-order valence-electron chi connectivity index (χ3n) is 1.91. The first kappa shape index (κ1) is 13.2. The molecule has 0 heterocycles. The zero-order valence-electron chi connectivity index (χ0n) is 8.65. The highest BCUT2D eigenvalue weighted by Gasteiger charge is 2.22. The molecule has 0 aliphatic heterocycles. The summed E-state index contributed by atoms with van der Waals surface area (Å²) < 4.78 is 30.5. The van der Waals surface area contributed by atoms with Gasteiger partial charge in [0.1, 0.15) is 0 Å². The lowest BCUT2D eigenvalue weighted by Gasteiger charge is -2.12. The van der Waals surface area contributed by atoms with Crippen molar-refractivity contribution in [3.05, 3.63) is 17.7 Å². The maximum absolute atomic E-state index is 11.5. The van der Waals surface area contributed by atoms with E-state index in [0.29, 0.717) is 17.1 Å². The predicted molar refractivity (Wildman–Crippen MR) is 55.9 cm³/mol. The van der Waals surface area contributed by atoms with Crippen LogP contribution in [0.15, 0.2) is 17.0 Å². The molecule has 0 saturated heterocycles. The summed E-state index contributed by atoms with van der Waals surface area (Å²) in [5, 5.41) is 19.2. The largest absolute Gasteiger partial charge is 0.504 e. The second-order valence-electron chi connectivity index (χ2n) is 3.23. The summed E-state index contributed by atoms with van der Waals surface area (Å²) in [5.41, 5.74) is -0.539. The number of aromatic hydroxyl groups is 2. The van der Waals surface area contributed by atoms with Crippen LogP contribution in [0.4, 0.5) is 0 Å². The van der Waals surface area contributed by atoms with Crippen molar-refractivity contribution in [1.82, 2.24) is 5.01 Å². The molecule has 1 rings (SSSR count). The van der Waals surface area contributed by atoms with Crippen LogP contribution in [-0.2, 0) is 10.1 Å². The molecule has 1 aromatic rings. The van der Waals surface area contributed by atoms with Crippen molar-refractivity contribution < 1.29 is 28.0 Å². The fraction of sp³-hybridized carbons (Fsp3) is 0.125. The van der Waals surface area contributed by atoms with Gasteiger partial charge >= 0.3 is 0 Å². The molecule has 0 aliphatic rings. The Labute approximate surface area is 96.6 Å². The number of phenolic OH excluding ortho intramolecular Hbond substituents is 2. The first-order valence-electron chi connectivity index (χ1n) is 4.21. The van der Waals surface area contributed by atoms with Crippen LogP contribution in [0, 0.1) is 0 Å². The highest BCUT2D eigenvalue weighted by molar-refractivity contribution is 7.85. The van der Waals surface area contributed by atoms with E-state index in [0.717, 1.165) is 0 Å². The topological polar surface area (TPSA) is 141 Å². The summed E-state index contributed by atoms with van der Waals surface area (Å²) in [6.07, 6.45) is 0. The maximum atomic E-state index is 11.5. The number of carbonyl (C=O) groups is 1. The molecule has 8 nitrogen and oxygen atoms in total. The molecule has 0 aromatic heterocycles. The van der Waals surface area contributed by atoms with E-state index in [4.69, 9.17) is 10.4 Å². The van der Waals surface area contributed by atoms with E-state index in [-0.39, 0.29) is 0 Å². The Balaban J connectivity index is 3.51. The van der Waals surface area contributed by atoms with Crippen molar-refractivity contribution in [2.75, 3.05) is 7.05 Å². The van der Waals surface area contributed by atoms with Crippen LogP contribution < -0.4 is 5.84 Å². The number of nitrogens with zero attached hydrogens (tertiary/aromatic N) is 1. The molecule has 0 spiro atoms. The lowest BCUT2D eigenvalue weighted by molar-refractivity contribution is 0.0791. The van der Waals surface area contributed by atoms with Gasteiger partial charge in [0.15, 0.2) is 11.5 Å². The molecule has 0 radical (unpaired) electrons. The molecule has 0 aliphatic carbocycles. The molecular weight excluding hydrogens is 252 g/mol. The molecule has 0 unspecified atom stereocenters. The first-order valence-corrected chi connectivity index (χ1v) is 5.65. The first-order chi connectivity index (χ1) is 7.64. The number of nitrogens with two attached hydrogens (primary N) is 1. The van der Waals surface area contributed by atoms with Crippen LogP contribution >= 0.6 is 0 Å². The Morgan fingerprint density at radius 1 is 1.35 bits per heavy atom. The molecular formula is C8H10N2O6S. The fourth-order valence-corrected chi connectivity index (χ4v) is 1.62. The van der Waals surface area contributed by atoms with E-state index >= 15 is 0 Å². The molecule has 9 heteroatoms. The van der Waals surface area contributed by atoms with Crippen molar-refractivity contribution in [2.24, 2.45) is 5.84 Å². The zero-order valence-corrected chi connectivity index (χ0v) is 9.47. The second-order valence-corrected chi connectivity index (χ2v) is 4.65. The average molecular weight is 262 g/mol. The minimum absolute atomic E-state index is 0.539. The fourth-order valence-electron chi connectivity index (χ4n) is 1.10. The number of hydrogen-bond acceptors (Lipinski definition) is 6. The van der Waals surface area contributed by atoms with E-state index < -0.39 is 38.0 Å². The molecule has 94 valence electrons. The standard InChI is InChI=1S/C8H10N2O6S/c1-10(9)8(13)5-2-4(17(14,15)16)3-6(11)7(5)12/h2-3,11-12H,9H2,1H3,(H,14,15,16). The number of benzene rings is 1. The van der Waals surface area contributed by atoms with Gasteiger partial charge in [-0.25, -0.2) is 5.84 Å². The van der Waals surface area contributed by atoms with Crippen LogP contribution in [-0.4, -0.2) is 41.1 Å². The summed E-state index contributed by atoms with van der Waals surface area (Å²) in [7, 11) is -3.44. The molecule has 5 N–H and O–H groups in total. The van der Waals surface area contributed by atoms with Crippen LogP contribution in [0.1, 0.15) is 10.4 Å². The third kappa shape index (κ3) is 2.64. The number of carbonyl (C=O) groups excluding carboxylic acids is 1. The number of hydrogen-bond donors (Lipinski definition) is 4. The van der Waals surface area contributed by atoms with Gasteiger partial charge in [-0.15, -0.1) is 0 Å². The van der Waals surface area contributed by atoms with E-state index in [9.17, 15) is 23.4 Å². The second kappa shape index (κ2) is 4.20. The SMILES string of the molecule is CN(N)C(=O)c1cc(S(=O)(=O)O)cc(O)c1O. The smallest absolute Gasteiger partial charge is 0.294 e. The van der Waals surface area contributed by atoms with Crippen LogP contribution in [0.2, 0.25) is 0 Å². The van der Waals surface area contributed by atoms with E-state index in [1.54, 1.807) is 0 Å². The Kier molecular flexibility index (Phi) is 3.27. The van der Waals surface area contributed by atoms with Gasteiger partial charge < -0.3 is 10.2 Å². The van der Waals surface area contributed by atoms with Crippen molar-refractivity contribution in [3.63, 3.8) is 0 Å². The van der Waals surface area contributed by atoms with Gasteiger partial charge in [0.05, 0.1) is 10.5 Å². The highest BCUT2D eigenvalue weighted by Crippen LogP contribution is 2.32. The van der Waals surface area contributed by atoms with Crippen LogP contribution in [0.25, 0.3) is 0 Å². The summed E-state index contributed by atoms with van der Waals surface area (Å²) in [6.45, 7) is 0. The van der Waals surface area contributed by atoms with E-state index in [1.807, 2.05) is 0 Å². The zero-order chi connectivity index (χ0) is 13.4. The monoisotopic (exact) mass is 262 g/mol. The Morgan fingerprint density at radius 2 is 1.88 bits per heavy atom. The quantitative estimate of drug-likeness (QED) is 0.181. The van der Waals surface area contributed by atoms with Crippen molar-refractivity contribution in [1.29, 1.82) is 0 Å². The van der Waals surface area contributed by atoms with Gasteiger partial charge in [-0.3, -0.25) is 14.4 Å². The minimum Gasteiger partial charge on any atom is -0.504 e. The van der Waals surface area contributed by atoms with Gasteiger partial charge in [0.2, 0.25) is 0 Å². The molecule has 1 aromatic carbocycles. The lowest BCUT2D eigenvalue weighted by Crippen LogP contribution is -2.33. The molecule has 0 atom stereocenters. The third-order valence-corrected chi connectivity index (χ3v) is 2.74. The lowest BCUT2D eigenvalue weighted by atomic mass is 10.1. The molecule has 17 heavy (non-hydrogen) atoms. The number of hydrazine groups is 1. The van der Waals surface area contributed by atoms with Gasteiger partial charge in [-0.2, -0.15) is 8.42 Å². The number of phenols is 2. The van der Waals surface area contributed by atoms with Crippen molar-refractivity contribution in [3.8, 4) is 11.5 Å². The Hall–Kier alpha value is -1.84. The molecule has 0 fully saturated rings. The summed E-state index contributed by atoms with van der Waals surface area (Å²) in [6, 6.07) is 1.31. The van der Waals surface area contributed by atoms with Crippen molar-refractivity contribution in [2.45, 2.75) is 4.90 Å². The van der Waals surface area contributed by atoms with Gasteiger partial charge in [-0.05, 0) is 6.07 Å². The minimum atomic E-state index is -4.61. The maximum Gasteiger partial charge on any atom is 0.294 e. The molecule has 1 amide bonds. The predicted octanol–water partition coefficient (Wildman–Crippen LogP) is -0.710. The normalized spacial score (nSPS) is 11.2. The van der Waals surface area contributed by atoms with E-state index in [2.05, 4.69) is 0 Å². The summed E-state index contributed by atoms with van der Waals surface area (Å²) in [5.74, 6) is 2.52. The molecule has 0 bridgehead atoms. The number of amides is 1. The highest BCUT2D eigenvalue weighted by atomic mass is 32.2. The number of rotatable bonds is 2. The molecule has 0 saturated carbocycles. The van der Waals surface area contributed by atoms with E-state index in [1.165, 1.54) is 7.05 Å². The average Bonchev–Trinajstić information content (AvgIpc) is 2.19. The summed E-state index contributed by atoms with van der Waals surface area (Å²) in [4.78, 5) is 10.7. The van der Waals surface area contributed by atoms with Gasteiger partial charge in [0.25, 0.3) is 16.0 Å². The van der Waals surface area contributed by atoms with Gasteiger partial charge in [-0.1, -0.05) is 0 Å². The Morgan fingerprint density at radius 3 is 2.29 bits per heavy atom. The van der Waals surface area contributed by atoms with Gasteiger partial charge in [0, 0.05) is 13.1 Å². The Bertz CT molecular complexity index is 566.